The van der Waals surface area contributed by atoms with Gasteiger partial charge in [0.1, 0.15) is 6.54 Å². The van der Waals surface area contributed by atoms with Gasteiger partial charge in [-0.25, -0.2) is 4.79 Å². The van der Waals surface area contributed by atoms with Crippen molar-refractivity contribution in [2.75, 3.05) is 13.1 Å². The van der Waals surface area contributed by atoms with E-state index in [9.17, 15) is 14.4 Å². The summed E-state index contributed by atoms with van der Waals surface area (Å²) in [5.41, 5.74) is 2.17. The van der Waals surface area contributed by atoms with Gasteiger partial charge >= 0.3 is 5.69 Å². The Morgan fingerprint density at radius 2 is 1.96 bits per heavy atom. The minimum absolute atomic E-state index is 0.0268. The molecule has 0 saturated carbocycles. The fraction of sp³-hybridized carbons (Fsp3) is 0.476. The first-order valence-corrected chi connectivity index (χ1v) is 9.56. The van der Waals surface area contributed by atoms with Crippen LogP contribution in [-0.4, -0.2) is 33.4 Å². The predicted molar refractivity (Wildman–Crippen MR) is 105 cm³/mol. The molecule has 0 spiro atoms. The van der Waals surface area contributed by atoms with Crippen LogP contribution in [-0.2, 0) is 17.8 Å². The van der Waals surface area contributed by atoms with Gasteiger partial charge in [0.25, 0.3) is 5.56 Å². The summed E-state index contributed by atoms with van der Waals surface area (Å²) in [5, 5.41) is 0. The Morgan fingerprint density at radius 1 is 1.19 bits per heavy atom. The van der Waals surface area contributed by atoms with Crippen LogP contribution in [0.3, 0.4) is 0 Å². The number of benzene rings is 1. The molecule has 1 fully saturated rings. The van der Waals surface area contributed by atoms with Crippen LogP contribution < -0.4 is 11.2 Å². The van der Waals surface area contributed by atoms with Crippen LogP contribution in [0.5, 0.6) is 0 Å². The number of H-pyrrole nitrogens is 1. The van der Waals surface area contributed by atoms with E-state index in [0.29, 0.717) is 11.5 Å². The Kier molecular flexibility index (Phi) is 5.94. The second kappa shape index (κ2) is 8.37. The lowest BCUT2D eigenvalue weighted by molar-refractivity contribution is -0.133. The van der Waals surface area contributed by atoms with E-state index in [0.717, 1.165) is 38.8 Å². The number of hydrogen-bond donors (Lipinski definition) is 1. The quantitative estimate of drug-likeness (QED) is 0.876. The maximum atomic E-state index is 12.7. The SMILES string of the molecule is Cc1ccccc1CC[C@H]1CCCN(C(=O)Cn2cc(C)c(=O)[nH]c2=O)C1. The van der Waals surface area contributed by atoms with Crippen LogP contribution in [0.15, 0.2) is 40.1 Å². The number of rotatable bonds is 5. The summed E-state index contributed by atoms with van der Waals surface area (Å²) in [6.07, 6.45) is 5.67. The molecule has 1 amide bonds. The molecule has 1 atom stereocenters. The molecule has 6 heteroatoms. The number of nitrogens with one attached hydrogen (secondary N) is 1. The molecule has 1 N–H and O–H groups in total. The van der Waals surface area contributed by atoms with Crippen molar-refractivity contribution in [1.82, 2.24) is 14.5 Å². The topological polar surface area (TPSA) is 75.2 Å². The van der Waals surface area contributed by atoms with E-state index in [-0.39, 0.29) is 12.5 Å². The van der Waals surface area contributed by atoms with Crippen LogP contribution in [0.25, 0.3) is 0 Å². The lowest BCUT2D eigenvalue weighted by Crippen LogP contribution is -2.43. The predicted octanol–water partition coefficient (Wildman–Crippen LogP) is 2.02. The summed E-state index contributed by atoms with van der Waals surface area (Å²) >= 11 is 0. The van der Waals surface area contributed by atoms with Crippen molar-refractivity contribution in [2.24, 2.45) is 5.92 Å². The molecule has 1 saturated heterocycles. The number of likely N-dealkylation sites (tertiary alicyclic amines) is 1. The van der Waals surface area contributed by atoms with E-state index in [4.69, 9.17) is 0 Å². The summed E-state index contributed by atoms with van der Waals surface area (Å²) in [7, 11) is 0. The zero-order chi connectivity index (χ0) is 19.4. The minimum atomic E-state index is -0.535. The van der Waals surface area contributed by atoms with Crippen LogP contribution in [0, 0.1) is 19.8 Å². The molecule has 0 aliphatic carbocycles. The van der Waals surface area contributed by atoms with Gasteiger partial charge in [0.05, 0.1) is 0 Å². The molecule has 1 aromatic heterocycles. The molecule has 2 aromatic rings. The minimum Gasteiger partial charge on any atom is -0.341 e. The fourth-order valence-corrected chi connectivity index (χ4v) is 3.76. The molecule has 6 nitrogen and oxygen atoms in total. The van der Waals surface area contributed by atoms with Gasteiger partial charge in [-0.3, -0.25) is 19.1 Å². The highest BCUT2D eigenvalue weighted by Gasteiger charge is 2.24. The Balaban J connectivity index is 1.60. The van der Waals surface area contributed by atoms with Gasteiger partial charge in [-0.2, -0.15) is 0 Å². The number of amides is 1. The zero-order valence-corrected chi connectivity index (χ0v) is 16.0. The van der Waals surface area contributed by atoms with E-state index < -0.39 is 11.2 Å². The van der Waals surface area contributed by atoms with Gasteiger partial charge in [-0.05, 0) is 56.6 Å². The lowest BCUT2D eigenvalue weighted by Gasteiger charge is -2.33. The summed E-state index contributed by atoms with van der Waals surface area (Å²) in [5.74, 6) is 0.417. The van der Waals surface area contributed by atoms with Crippen LogP contribution in [0.4, 0.5) is 0 Å². The Labute approximate surface area is 158 Å². The van der Waals surface area contributed by atoms with Gasteiger partial charge in [-0.15, -0.1) is 0 Å². The third kappa shape index (κ3) is 4.76. The third-order valence-corrected chi connectivity index (χ3v) is 5.45. The Hall–Kier alpha value is -2.63. The van der Waals surface area contributed by atoms with E-state index in [1.807, 2.05) is 4.90 Å². The molecule has 2 heterocycles. The van der Waals surface area contributed by atoms with Gasteiger partial charge < -0.3 is 4.90 Å². The smallest absolute Gasteiger partial charge is 0.328 e. The molecule has 1 aromatic carbocycles. The normalized spacial score (nSPS) is 17.1. The summed E-state index contributed by atoms with van der Waals surface area (Å²) in [4.78, 5) is 40.1. The van der Waals surface area contributed by atoms with E-state index in [1.54, 1.807) is 6.92 Å². The van der Waals surface area contributed by atoms with Crippen molar-refractivity contribution in [2.45, 2.75) is 46.1 Å². The largest absolute Gasteiger partial charge is 0.341 e. The van der Waals surface area contributed by atoms with Gasteiger partial charge in [0.2, 0.25) is 5.91 Å². The van der Waals surface area contributed by atoms with Crippen LogP contribution in [0.2, 0.25) is 0 Å². The standard InChI is InChI=1S/C21H27N3O3/c1-15-6-3-4-8-18(15)10-9-17-7-5-11-23(13-17)19(25)14-24-12-16(2)20(26)22-21(24)27/h3-4,6,8,12,17H,5,7,9-11,13-14H2,1-2H3,(H,22,26,27)/t17-/m1/s1. The molecular weight excluding hydrogens is 342 g/mol. The van der Waals surface area contributed by atoms with Crippen LogP contribution >= 0.6 is 0 Å². The Morgan fingerprint density at radius 3 is 2.74 bits per heavy atom. The number of piperidine rings is 1. The first kappa shape index (κ1) is 19.1. The van der Waals surface area contributed by atoms with Gasteiger partial charge in [0.15, 0.2) is 0 Å². The maximum Gasteiger partial charge on any atom is 0.328 e. The number of aromatic amines is 1. The maximum absolute atomic E-state index is 12.7. The average Bonchev–Trinajstić information content (AvgIpc) is 2.65. The molecule has 0 unspecified atom stereocenters. The number of nitrogens with zero attached hydrogens (tertiary/aromatic N) is 2. The van der Waals surface area contributed by atoms with Crippen molar-refractivity contribution in [3.8, 4) is 0 Å². The van der Waals surface area contributed by atoms with Crippen molar-refractivity contribution in [3.05, 3.63) is 68.0 Å². The van der Waals surface area contributed by atoms with Crippen molar-refractivity contribution in [1.29, 1.82) is 0 Å². The number of carbonyl (C=O) groups excluding carboxylic acids is 1. The molecule has 1 aliphatic heterocycles. The Bertz CT molecular complexity index is 929. The molecule has 3 rings (SSSR count). The number of aromatic nitrogens is 2. The zero-order valence-electron chi connectivity index (χ0n) is 16.0. The van der Waals surface area contributed by atoms with Gasteiger partial charge in [0, 0.05) is 24.8 Å². The summed E-state index contributed by atoms with van der Waals surface area (Å²) < 4.78 is 1.29. The number of carbonyl (C=O) groups is 1. The average molecular weight is 369 g/mol. The van der Waals surface area contributed by atoms with E-state index >= 15 is 0 Å². The van der Waals surface area contributed by atoms with Crippen molar-refractivity contribution in [3.63, 3.8) is 0 Å². The second-order valence-corrected chi connectivity index (χ2v) is 7.51. The van der Waals surface area contributed by atoms with Crippen molar-refractivity contribution < 1.29 is 4.79 Å². The second-order valence-electron chi connectivity index (χ2n) is 7.51. The highest BCUT2D eigenvalue weighted by Crippen LogP contribution is 2.22. The van der Waals surface area contributed by atoms with E-state index in [1.165, 1.54) is 21.9 Å². The molecule has 1 aliphatic rings. The first-order chi connectivity index (χ1) is 12.9. The number of aryl methyl sites for hydroxylation is 3. The molecule has 27 heavy (non-hydrogen) atoms. The summed E-state index contributed by atoms with van der Waals surface area (Å²) in [6.45, 7) is 5.21. The molecular formula is C21H27N3O3. The number of hydrogen-bond acceptors (Lipinski definition) is 3. The lowest BCUT2D eigenvalue weighted by atomic mass is 9.90. The third-order valence-electron chi connectivity index (χ3n) is 5.45. The summed E-state index contributed by atoms with van der Waals surface area (Å²) in [6, 6.07) is 8.44. The van der Waals surface area contributed by atoms with Crippen LogP contribution in [0.1, 0.15) is 36.0 Å². The first-order valence-electron chi connectivity index (χ1n) is 9.56. The van der Waals surface area contributed by atoms with Crippen molar-refractivity contribution >= 4 is 5.91 Å². The highest BCUT2D eigenvalue weighted by molar-refractivity contribution is 5.76. The molecule has 0 bridgehead atoms. The van der Waals surface area contributed by atoms with E-state index in [2.05, 4.69) is 36.2 Å². The highest BCUT2D eigenvalue weighted by atomic mass is 16.2. The fourth-order valence-electron chi connectivity index (χ4n) is 3.76. The monoisotopic (exact) mass is 369 g/mol. The molecule has 0 radical (unpaired) electrons. The van der Waals surface area contributed by atoms with Gasteiger partial charge in [-0.1, -0.05) is 24.3 Å². The molecule has 144 valence electrons.